The van der Waals surface area contributed by atoms with Crippen LogP contribution in [0, 0.1) is 24.6 Å². The molecule has 4 N–H and O–H groups in total. The summed E-state index contributed by atoms with van der Waals surface area (Å²) in [6.07, 6.45) is 3.32. The van der Waals surface area contributed by atoms with Gasteiger partial charge in [0, 0.05) is 17.1 Å². The van der Waals surface area contributed by atoms with E-state index in [4.69, 9.17) is 0 Å². The third-order valence-corrected chi connectivity index (χ3v) is 9.98. The first-order valence-corrected chi connectivity index (χ1v) is 16.1. The maximum Gasteiger partial charge on any atom is 0.264 e. The minimum absolute atomic E-state index is 0.0599. The molecule has 10 heteroatoms. The highest BCUT2D eigenvalue weighted by molar-refractivity contribution is 7.99. The molecule has 1 unspecified atom stereocenters. The van der Waals surface area contributed by atoms with E-state index in [2.05, 4.69) is 4.72 Å². The number of hydrogen-bond donors (Lipinski definition) is 4. The maximum atomic E-state index is 13.8. The van der Waals surface area contributed by atoms with E-state index in [0.717, 1.165) is 31.2 Å². The van der Waals surface area contributed by atoms with Gasteiger partial charge in [-0.05, 0) is 75.1 Å². The predicted octanol–water partition coefficient (Wildman–Crippen LogP) is 4.57. The number of aliphatic hydroxyl groups excluding tert-OH is 3. The highest BCUT2D eigenvalue weighted by Crippen LogP contribution is 2.39. The third kappa shape index (κ3) is 9.86. The molecule has 1 fully saturated rings. The molecule has 2 aromatic rings. The summed E-state index contributed by atoms with van der Waals surface area (Å²) in [6, 6.07) is 12.8. The Morgan fingerprint density at radius 2 is 1.64 bits per heavy atom. The second-order valence-electron chi connectivity index (χ2n) is 10.5. The molecule has 2 aromatic carbocycles. The number of amides is 1. The zero-order valence-electron chi connectivity index (χ0n) is 22.3. The fourth-order valence-electron chi connectivity index (χ4n) is 5.19. The summed E-state index contributed by atoms with van der Waals surface area (Å²) in [4.78, 5) is 12.7. The van der Waals surface area contributed by atoms with Gasteiger partial charge in [0.1, 0.15) is 5.82 Å². The number of rotatable bonds is 15. The number of hydrogen-bond acceptors (Lipinski definition) is 7. The van der Waals surface area contributed by atoms with Crippen LogP contribution in [0.2, 0.25) is 0 Å². The summed E-state index contributed by atoms with van der Waals surface area (Å²) in [7, 11) is -3.87. The van der Waals surface area contributed by atoms with E-state index in [1.807, 2.05) is 6.92 Å². The molecule has 5 atom stereocenters. The number of unbranched alkanes of at least 4 members (excludes halogenated alkanes) is 3. The SMILES string of the molecule is Cc1ccc(S(=O)(=O)NC(=O)CCCCCC[C@@H]2[C@@H](CCC(O)CSc3ccccc3F)[C@H](O)C[C@@H]2O)cc1. The standard InChI is InChI=1S/C29H40FNO6S2/c1-20-12-15-22(16-13-20)39(36,37)31-29(35)11-5-3-2-4-8-23-24(27(34)18-26(23)33)17-14-21(32)19-38-28-10-7-6-9-25(28)30/h6-7,9-10,12-13,15-16,21,23-24,26-27,32-34H,2-5,8,11,14,17-19H2,1H3,(H,31,35)/t21?,23-,24-,26+,27-/m1/s1. The normalized spacial score (nSPS) is 22.1. The number of carbonyl (C=O) groups excluding carboxylic acids is 1. The lowest BCUT2D eigenvalue weighted by Gasteiger charge is -2.24. The van der Waals surface area contributed by atoms with Gasteiger partial charge >= 0.3 is 0 Å². The largest absolute Gasteiger partial charge is 0.393 e. The van der Waals surface area contributed by atoms with Gasteiger partial charge in [0.05, 0.1) is 23.2 Å². The molecule has 0 spiro atoms. The van der Waals surface area contributed by atoms with Gasteiger partial charge in [-0.3, -0.25) is 4.79 Å². The molecule has 7 nitrogen and oxygen atoms in total. The second-order valence-corrected chi connectivity index (χ2v) is 13.2. The lowest BCUT2D eigenvalue weighted by atomic mass is 9.85. The van der Waals surface area contributed by atoms with Crippen LogP contribution in [0.3, 0.4) is 0 Å². The van der Waals surface area contributed by atoms with Crippen LogP contribution in [0.15, 0.2) is 58.3 Å². The number of aliphatic hydroxyl groups is 3. The minimum atomic E-state index is -3.87. The summed E-state index contributed by atoms with van der Waals surface area (Å²) in [5.74, 6) is -0.648. The van der Waals surface area contributed by atoms with E-state index in [0.29, 0.717) is 36.3 Å². The molecular weight excluding hydrogens is 541 g/mol. The molecule has 1 aliphatic rings. The van der Waals surface area contributed by atoms with Gasteiger partial charge in [-0.25, -0.2) is 17.5 Å². The van der Waals surface area contributed by atoms with Crippen molar-refractivity contribution in [3.63, 3.8) is 0 Å². The first-order chi connectivity index (χ1) is 18.6. The van der Waals surface area contributed by atoms with Crippen molar-refractivity contribution in [1.82, 2.24) is 4.72 Å². The Morgan fingerprint density at radius 3 is 2.33 bits per heavy atom. The van der Waals surface area contributed by atoms with Crippen molar-refractivity contribution in [3.05, 3.63) is 59.9 Å². The topological polar surface area (TPSA) is 124 Å². The van der Waals surface area contributed by atoms with Gasteiger partial charge < -0.3 is 15.3 Å². The quantitative estimate of drug-likeness (QED) is 0.179. The second kappa shape index (κ2) is 15.1. The summed E-state index contributed by atoms with van der Waals surface area (Å²) in [5.41, 5.74) is 0.930. The van der Waals surface area contributed by atoms with Crippen LogP contribution in [0.4, 0.5) is 4.39 Å². The van der Waals surface area contributed by atoms with Gasteiger partial charge in [0.25, 0.3) is 10.0 Å². The number of benzene rings is 2. The van der Waals surface area contributed by atoms with Crippen LogP contribution in [0.5, 0.6) is 0 Å². The molecule has 0 bridgehead atoms. The molecule has 216 valence electrons. The summed E-state index contributed by atoms with van der Waals surface area (Å²) < 4.78 is 40.6. The van der Waals surface area contributed by atoms with Crippen LogP contribution >= 0.6 is 11.8 Å². The van der Waals surface area contributed by atoms with Gasteiger partial charge in [-0.1, -0.05) is 49.1 Å². The highest BCUT2D eigenvalue weighted by Gasteiger charge is 2.40. The molecular formula is C29H40FNO6S2. The molecule has 0 aliphatic heterocycles. The van der Waals surface area contributed by atoms with Crippen molar-refractivity contribution in [2.75, 3.05) is 5.75 Å². The predicted molar refractivity (Wildman–Crippen MR) is 150 cm³/mol. The fourth-order valence-corrected chi connectivity index (χ4v) is 7.13. The molecule has 0 saturated heterocycles. The van der Waals surface area contributed by atoms with Crippen LogP contribution in [0.1, 0.15) is 63.4 Å². The van der Waals surface area contributed by atoms with Crippen molar-refractivity contribution in [2.24, 2.45) is 11.8 Å². The van der Waals surface area contributed by atoms with Gasteiger partial charge in [0.2, 0.25) is 5.91 Å². The monoisotopic (exact) mass is 581 g/mol. The van der Waals surface area contributed by atoms with E-state index in [9.17, 15) is 32.9 Å². The van der Waals surface area contributed by atoms with Crippen LogP contribution in [-0.2, 0) is 14.8 Å². The van der Waals surface area contributed by atoms with E-state index in [1.165, 1.54) is 30.0 Å². The van der Waals surface area contributed by atoms with Crippen molar-refractivity contribution in [3.8, 4) is 0 Å². The van der Waals surface area contributed by atoms with E-state index in [1.54, 1.807) is 30.3 Å². The lowest BCUT2D eigenvalue weighted by molar-refractivity contribution is -0.119. The molecule has 1 amide bonds. The Balaban J connectivity index is 1.34. The zero-order valence-corrected chi connectivity index (χ0v) is 24.0. The highest BCUT2D eigenvalue weighted by atomic mass is 32.2. The average molecular weight is 582 g/mol. The smallest absolute Gasteiger partial charge is 0.264 e. The molecule has 0 heterocycles. The molecule has 39 heavy (non-hydrogen) atoms. The van der Waals surface area contributed by atoms with Crippen LogP contribution < -0.4 is 4.72 Å². The van der Waals surface area contributed by atoms with E-state index >= 15 is 0 Å². The first-order valence-electron chi connectivity index (χ1n) is 13.6. The zero-order chi connectivity index (χ0) is 28.4. The lowest BCUT2D eigenvalue weighted by Crippen LogP contribution is -2.30. The average Bonchev–Trinajstić information content (AvgIpc) is 3.15. The first kappa shape index (κ1) is 31.5. The number of sulfonamides is 1. The third-order valence-electron chi connectivity index (χ3n) is 7.39. The minimum Gasteiger partial charge on any atom is -0.393 e. The summed E-state index contributed by atoms with van der Waals surface area (Å²) >= 11 is 1.27. The Hall–Kier alpha value is -1.98. The molecule has 0 radical (unpaired) electrons. The van der Waals surface area contributed by atoms with E-state index in [-0.39, 0.29) is 29.0 Å². The molecule has 1 aliphatic carbocycles. The maximum absolute atomic E-state index is 13.8. The van der Waals surface area contributed by atoms with Crippen LogP contribution in [-0.4, -0.2) is 53.7 Å². The van der Waals surface area contributed by atoms with Gasteiger partial charge in [-0.2, -0.15) is 0 Å². The van der Waals surface area contributed by atoms with Crippen molar-refractivity contribution in [1.29, 1.82) is 0 Å². The Morgan fingerprint density at radius 1 is 1.00 bits per heavy atom. The number of carbonyl (C=O) groups is 1. The number of thioether (sulfide) groups is 1. The Kier molecular flexibility index (Phi) is 12.2. The van der Waals surface area contributed by atoms with Crippen LogP contribution in [0.25, 0.3) is 0 Å². The molecule has 1 saturated carbocycles. The Bertz CT molecular complexity index is 1160. The van der Waals surface area contributed by atoms with E-state index < -0.39 is 34.2 Å². The molecule has 3 rings (SSSR count). The number of aryl methyl sites for hydroxylation is 1. The van der Waals surface area contributed by atoms with Crippen molar-refractivity contribution in [2.45, 2.75) is 92.8 Å². The van der Waals surface area contributed by atoms with Crippen molar-refractivity contribution < 1.29 is 32.9 Å². The molecule has 0 aromatic heterocycles. The number of halogens is 1. The van der Waals surface area contributed by atoms with Gasteiger partial charge in [-0.15, -0.1) is 11.8 Å². The Labute approximate surface area is 235 Å². The van der Waals surface area contributed by atoms with Gasteiger partial charge in [0.15, 0.2) is 0 Å². The number of nitrogens with one attached hydrogen (secondary N) is 1. The summed E-state index contributed by atoms with van der Waals surface area (Å²) in [5, 5.41) is 31.4. The fraction of sp³-hybridized carbons (Fsp3) is 0.552. The summed E-state index contributed by atoms with van der Waals surface area (Å²) in [6.45, 7) is 1.85. The van der Waals surface area contributed by atoms with Crippen molar-refractivity contribution >= 4 is 27.7 Å².